The van der Waals surface area contributed by atoms with E-state index >= 15 is 0 Å². The Kier molecular flexibility index (Phi) is 5.16. The van der Waals surface area contributed by atoms with E-state index in [1.165, 1.54) is 0 Å². The van der Waals surface area contributed by atoms with Crippen LogP contribution in [0.4, 0.5) is 0 Å². The molecule has 0 bridgehead atoms. The summed E-state index contributed by atoms with van der Waals surface area (Å²) in [6.07, 6.45) is 0. The summed E-state index contributed by atoms with van der Waals surface area (Å²) in [7, 11) is -3.83. The number of rotatable bonds is 5. The van der Waals surface area contributed by atoms with Crippen molar-refractivity contribution in [1.82, 2.24) is 0 Å². The number of hydrogen-bond acceptors (Lipinski definition) is 3. The summed E-state index contributed by atoms with van der Waals surface area (Å²) >= 11 is 0. The number of benzene rings is 5. The molecule has 0 atom stereocenters. The Bertz CT molecular complexity index is 1520. The standard InChI is InChI=1S/C28H22O3S/c1-20-15-17-22(18-16-20)32(29,30)28-26-14-8-6-12-24(26)23-11-5-7-13-25(23)27(28)31-19-21-9-3-2-4-10-21/h2-18H,19H2,1H3. The lowest BCUT2D eigenvalue weighted by Crippen LogP contribution is -2.08. The first kappa shape index (κ1) is 20.3. The summed E-state index contributed by atoms with van der Waals surface area (Å²) in [5.41, 5.74) is 1.98. The number of aryl methyl sites for hydroxylation is 1. The zero-order chi connectivity index (χ0) is 22.1. The third-order valence-corrected chi connectivity index (χ3v) is 7.50. The lowest BCUT2D eigenvalue weighted by atomic mass is 10.0. The van der Waals surface area contributed by atoms with Gasteiger partial charge in [-0.1, -0.05) is 96.6 Å². The summed E-state index contributed by atoms with van der Waals surface area (Å²) in [6, 6.07) is 32.2. The molecule has 0 N–H and O–H groups in total. The van der Waals surface area contributed by atoms with Crippen LogP contribution in [0.5, 0.6) is 5.75 Å². The molecule has 0 fully saturated rings. The second-order valence-electron chi connectivity index (χ2n) is 7.84. The average molecular weight is 439 g/mol. The van der Waals surface area contributed by atoms with Crippen molar-refractivity contribution in [3.63, 3.8) is 0 Å². The van der Waals surface area contributed by atoms with Gasteiger partial charge in [0.05, 0.1) is 4.90 Å². The highest BCUT2D eigenvalue weighted by Crippen LogP contribution is 2.43. The molecule has 0 unspecified atom stereocenters. The van der Waals surface area contributed by atoms with Crippen molar-refractivity contribution in [3.05, 3.63) is 114 Å². The van der Waals surface area contributed by atoms with Crippen LogP contribution in [-0.4, -0.2) is 8.42 Å². The number of ether oxygens (including phenoxy) is 1. The molecule has 32 heavy (non-hydrogen) atoms. The number of sulfone groups is 1. The van der Waals surface area contributed by atoms with Crippen LogP contribution >= 0.6 is 0 Å². The summed E-state index contributed by atoms with van der Waals surface area (Å²) in [4.78, 5) is 0.472. The first-order valence-electron chi connectivity index (χ1n) is 10.5. The molecule has 5 aromatic rings. The van der Waals surface area contributed by atoms with Gasteiger partial charge in [0.2, 0.25) is 9.84 Å². The Morgan fingerprint density at radius 2 is 1.16 bits per heavy atom. The van der Waals surface area contributed by atoms with Crippen LogP contribution in [-0.2, 0) is 16.4 Å². The van der Waals surface area contributed by atoms with E-state index in [0.29, 0.717) is 11.1 Å². The summed E-state index contributed by atoms with van der Waals surface area (Å²) in [5.74, 6) is 0.392. The fourth-order valence-electron chi connectivity index (χ4n) is 4.05. The number of hydrogen-bond donors (Lipinski definition) is 0. The molecule has 3 nitrogen and oxygen atoms in total. The first-order valence-corrected chi connectivity index (χ1v) is 12.0. The van der Waals surface area contributed by atoms with Crippen molar-refractivity contribution in [3.8, 4) is 5.75 Å². The Labute approximate surface area is 187 Å². The van der Waals surface area contributed by atoms with E-state index < -0.39 is 9.84 Å². The minimum absolute atomic E-state index is 0.214. The predicted octanol–water partition coefficient (Wildman–Crippen LogP) is 6.71. The van der Waals surface area contributed by atoms with Crippen LogP contribution in [0, 0.1) is 6.92 Å². The summed E-state index contributed by atoms with van der Waals surface area (Å²) < 4.78 is 34.2. The van der Waals surface area contributed by atoms with Gasteiger partial charge in [-0.3, -0.25) is 0 Å². The van der Waals surface area contributed by atoms with E-state index in [9.17, 15) is 8.42 Å². The average Bonchev–Trinajstić information content (AvgIpc) is 2.83. The highest BCUT2D eigenvalue weighted by atomic mass is 32.2. The molecule has 0 radical (unpaired) electrons. The van der Waals surface area contributed by atoms with Gasteiger partial charge in [0, 0.05) is 10.8 Å². The second-order valence-corrected chi connectivity index (χ2v) is 9.73. The molecule has 5 rings (SSSR count). The van der Waals surface area contributed by atoms with Crippen LogP contribution in [0.25, 0.3) is 21.5 Å². The third kappa shape index (κ3) is 3.53. The van der Waals surface area contributed by atoms with Gasteiger partial charge < -0.3 is 4.74 Å². The maximum atomic E-state index is 14.0. The van der Waals surface area contributed by atoms with E-state index in [2.05, 4.69) is 0 Å². The van der Waals surface area contributed by atoms with Crippen molar-refractivity contribution in [2.24, 2.45) is 0 Å². The highest BCUT2D eigenvalue weighted by Gasteiger charge is 2.28. The van der Waals surface area contributed by atoms with E-state index in [0.717, 1.165) is 27.3 Å². The minimum atomic E-state index is -3.83. The van der Waals surface area contributed by atoms with Crippen LogP contribution in [0.1, 0.15) is 11.1 Å². The Balaban J connectivity index is 1.82. The topological polar surface area (TPSA) is 43.4 Å². The fraction of sp³-hybridized carbons (Fsp3) is 0.0714. The van der Waals surface area contributed by atoms with E-state index in [-0.39, 0.29) is 16.4 Å². The minimum Gasteiger partial charge on any atom is -0.487 e. The molecule has 0 aliphatic rings. The summed E-state index contributed by atoms with van der Waals surface area (Å²) in [5, 5.41) is 3.30. The largest absolute Gasteiger partial charge is 0.487 e. The SMILES string of the molecule is Cc1ccc(S(=O)(=O)c2c(OCc3ccccc3)c3ccccc3c3ccccc23)cc1. The molecular formula is C28H22O3S. The van der Waals surface area contributed by atoms with E-state index in [1.54, 1.807) is 12.1 Å². The third-order valence-electron chi connectivity index (χ3n) is 5.67. The van der Waals surface area contributed by atoms with Gasteiger partial charge >= 0.3 is 0 Å². The molecule has 0 aromatic heterocycles. The summed E-state index contributed by atoms with van der Waals surface area (Å²) in [6.45, 7) is 2.22. The normalized spacial score (nSPS) is 11.7. The van der Waals surface area contributed by atoms with Crippen LogP contribution < -0.4 is 4.74 Å². The van der Waals surface area contributed by atoms with Gasteiger partial charge in [-0.15, -0.1) is 0 Å². The van der Waals surface area contributed by atoms with Gasteiger partial charge in [0.15, 0.2) is 0 Å². The molecule has 0 aliphatic heterocycles. The van der Waals surface area contributed by atoms with Crippen LogP contribution in [0.15, 0.2) is 113 Å². The molecular weight excluding hydrogens is 416 g/mol. The van der Waals surface area contributed by atoms with E-state index in [1.807, 2.05) is 97.9 Å². The fourth-order valence-corrected chi connectivity index (χ4v) is 5.66. The molecule has 0 saturated heterocycles. The molecule has 0 amide bonds. The van der Waals surface area contributed by atoms with Gasteiger partial charge in [-0.25, -0.2) is 8.42 Å². The lowest BCUT2D eigenvalue weighted by Gasteiger charge is -2.18. The molecule has 158 valence electrons. The predicted molar refractivity (Wildman–Crippen MR) is 129 cm³/mol. The van der Waals surface area contributed by atoms with Crippen LogP contribution in [0.2, 0.25) is 0 Å². The zero-order valence-electron chi connectivity index (χ0n) is 17.7. The highest BCUT2D eigenvalue weighted by molar-refractivity contribution is 7.91. The van der Waals surface area contributed by atoms with Crippen molar-refractivity contribution in [2.45, 2.75) is 23.3 Å². The Hall–Kier alpha value is -3.63. The number of fused-ring (bicyclic) bond motifs is 3. The monoisotopic (exact) mass is 438 g/mol. The maximum absolute atomic E-state index is 14.0. The van der Waals surface area contributed by atoms with Gasteiger partial charge in [0.1, 0.15) is 17.3 Å². The van der Waals surface area contributed by atoms with Crippen molar-refractivity contribution in [2.75, 3.05) is 0 Å². The van der Waals surface area contributed by atoms with Gasteiger partial charge in [-0.2, -0.15) is 0 Å². The molecule has 0 heterocycles. The van der Waals surface area contributed by atoms with Gasteiger partial charge in [-0.05, 0) is 35.4 Å². The van der Waals surface area contributed by atoms with Crippen molar-refractivity contribution < 1.29 is 13.2 Å². The lowest BCUT2D eigenvalue weighted by molar-refractivity contribution is 0.303. The first-order chi connectivity index (χ1) is 15.6. The maximum Gasteiger partial charge on any atom is 0.210 e. The molecule has 0 spiro atoms. The van der Waals surface area contributed by atoms with Crippen molar-refractivity contribution >= 4 is 31.4 Å². The smallest absolute Gasteiger partial charge is 0.210 e. The molecule has 5 aromatic carbocycles. The molecule has 0 saturated carbocycles. The quantitative estimate of drug-likeness (QED) is 0.286. The second kappa shape index (κ2) is 8.13. The van der Waals surface area contributed by atoms with Crippen molar-refractivity contribution in [1.29, 1.82) is 0 Å². The van der Waals surface area contributed by atoms with E-state index in [4.69, 9.17) is 4.74 Å². The Morgan fingerprint density at radius 3 is 1.81 bits per heavy atom. The van der Waals surface area contributed by atoms with Gasteiger partial charge in [0.25, 0.3) is 0 Å². The molecule has 4 heteroatoms. The zero-order valence-corrected chi connectivity index (χ0v) is 18.5. The Morgan fingerprint density at radius 1 is 0.625 bits per heavy atom. The molecule has 0 aliphatic carbocycles. The van der Waals surface area contributed by atoms with Crippen LogP contribution in [0.3, 0.4) is 0 Å².